The third-order valence-electron chi connectivity index (χ3n) is 2.13. The van der Waals surface area contributed by atoms with E-state index < -0.39 is 0 Å². The summed E-state index contributed by atoms with van der Waals surface area (Å²) in [5, 5.41) is 0. The minimum Gasteiger partial charge on any atom is -0.469 e. The van der Waals surface area contributed by atoms with Gasteiger partial charge in [-0.2, -0.15) is 11.8 Å². The van der Waals surface area contributed by atoms with Crippen molar-refractivity contribution in [1.82, 2.24) is 0 Å². The van der Waals surface area contributed by atoms with Crippen LogP contribution in [0.3, 0.4) is 0 Å². The Kier molecular flexibility index (Phi) is 5.32. The van der Waals surface area contributed by atoms with Crippen molar-refractivity contribution in [3.63, 3.8) is 0 Å². The van der Waals surface area contributed by atoms with Gasteiger partial charge in [0.2, 0.25) is 0 Å². The molecule has 15 heavy (non-hydrogen) atoms. The van der Waals surface area contributed by atoms with Crippen molar-refractivity contribution in [2.24, 2.45) is 0 Å². The molecule has 1 rings (SSSR count). The second kappa shape index (κ2) is 6.56. The van der Waals surface area contributed by atoms with Crippen LogP contribution in [0.4, 0.5) is 0 Å². The zero-order chi connectivity index (χ0) is 11.1. The molecule has 0 aliphatic heterocycles. The summed E-state index contributed by atoms with van der Waals surface area (Å²) in [6, 6.07) is 2.00. The van der Waals surface area contributed by atoms with E-state index in [-0.39, 0.29) is 5.97 Å². The van der Waals surface area contributed by atoms with Gasteiger partial charge in [0.15, 0.2) is 0 Å². The van der Waals surface area contributed by atoms with Crippen LogP contribution in [-0.4, -0.2) is 18.8 Å². The van der Waals surface area contributed by atoms with Crippen LogP contribution in [0.1, 0.15) is 24.7 Å². The number of thioether (sulfide) groups is 1. The topological polar surface area (TPSA) is 39.4 Å². The molecule has 0 aliphatic rings. The van der Waals surface area contributed by atoms with Crippen LogP contribution in [0.5, 0.6) is 0 Å². The maximum absolute atomic E-state index is 10.8. The molecule has 0 amide bonds. The molecule has 1 heterocycles. The van der Waals surface area contributed by atoms with Crippen LogP contribution in [0.2, 0.25) is 0 Å². The Morgan fingerprint density at radius 1 is 1.60 bits per heavy atom. The SMILES string of the molecule is CCc1ccoc1CSCCC(=O)OC. The van der Waals surface area contributed by atoms with Crippen molar-refractivity contribution in [2.45, 2.75) is 25.5 Å². The Morgan fingerprint density at radius 2 is 2.40 bits per heavy atom. The summed E-state index contributed by atoms with van der Waals surface area (Å²) in [6.07, 6.45) is 3.17. The van der Waals surface area contributed by atoms with E-state index in [1.165, 1.54) is 12.7 Å². The van der Waals surface area contributed by atoms with Gasteiger partial charge in [0.25, 0.3) is 0 Å². The number of carbonyl (C=O) groups excluding carboxylic acids is 1. The molecule has 3 nitrogen and oxygen atoms in total. The van der Waals surface area contributed by atoms with Gasteiger partial charge in [-0.05, 0) is 18.1 Å². The Labute approximate surface area is 94.2 Å². The van der Waals surface area contributed by atoms with E-state index in [2.05, 4.69) is 11.7 Å². The Morgan fingerprint density at radius 3 is 3.07 bits per heavy atom. The van der Waals surface area contributed by atoms with Gasteiger partial charge in [-0.25, -0.2) is 0 Å². The van der Waals surface area contributed by atoms with Gasteiger partial charge >= 0.3 is 5.97 Å². The highest BCUT2D eigenvalue weighted by Gasteiger charge is 2.05. The smallest absolute Gasteiger partial charge is 0.306 e. The Balaban J connectivity index is 2.23. The summed E-state index contributed by atoms with van der Waals surface area (Å²) in [7, 11) is 1.41. The number of rotatable bonds is 6. The quantitative estimate of drug-likeness (QED) is 0.554. The predicted octanol–water partition coefficient (Wildman–Crippen LogP) is 2.64. The van der Waals surface area contributed by atoms with Crippen LogP contribution in [0.25, 0.3) is 0 Å². The molecule has 0 unspecified atom stereocenters. The number of methoxy groups -OCH3 is 1. The average Bonchev–Trinajstić information content (AvgIpc) is 2.71. The zero-order valence-corrected chi connectivity index (χ0v) is 9.93. The summed E-state index contributed by atoms with van der Waals surface area (Å²) in [4.78, 5) is 10.8. The summed E-state index contributed by atoms with van der Waals surface area (Å²) < 4.78 is 9.91. The molecule has 0 aliphatic carbocycles. The molecule has 0 radical (unpaired) electrons. The van der Waals surface area contributed by atoms with E-state index in [0.717, 1.165) is 23.7 Å². The van der Waals surface area contributed by atoms with E-state index in [1.807, 2.05) is 6.07 Å². The van der Waals surface area contributed by atoms with Crippen LogP contribution in [0, 0.1) is 0 Å². The lowest BCUT2D eigenvalue weighted by Gasteiger charge is -2.00. The summed E-state index contributed by atoms with van der Waals surface area (Å²) in [5.74, 6) is 2.47. The molecule has 0 N–H and O–H groups in total. The molecule has 0 saturated carbocycles. The maximum Gasteiger partial charge on any atom is 0.306 e. The lowest BCUT2D eigenvalue weighted by Crippen LogP contribution is -2.01. The minimum absolute atomic E-state index is 0.155. The summed E-state index contributed by atoms with van der Waals surface area (Å²) in [6.45, 7) is 2.10. The van der Waals surface area contributed by atoms with Crippen molar-refractivity contribution in [2.75, 3.05) is 12.9 Å². The van der Waals surface area contributed by atoms with Crippen LogP contribution in [0.15, 0.2) is 16.7 Å². The van der Waals surface area contributed by atoms with Crippen molar-refractivity contribution < 1.29 is 13.9 Å². The van der Waals surface area contributed by atoms with Crippen molar-refractivity contribution in [1.29, 1.82) is 0 Å². The monoisotopic (exact) mass is 228 g/mol. The molecular weight excluding hydrogens is 212 g/mol. The first-order chi connectivity index (χ1) is 7.27. The fourth-order valence-corrected chi connectivity index (χ4v) is 2.13. The van der Waals surface area contributed by atoms with Crippen molar-refractivity contribution >= 4 is 17.7 Å². The first kappa shape index (κ1) is 12.2. The van der Waals surface area contributed by atoms with Crippen LogP contribution < -0.4 is 0 Å². The number of hydrogen-bond donors (Lipinski definition) is 0. The molecule has 0 atom stereocenters. The van der Waals surface area contributed by atoms with Crippen molar-refractivity contribution in [3.8, 4) is 0 Å². The van der Waals surface area contributed by atoms with Gasteiger partial charge < -0.3 is 9.15 Å². The number of aryl methyl sites for hydroxylation is 1. The van der Waals surface area contributed by atoms with Gasteiger partial charge in [-0.1, -0.05) is 6.92 Å². The second-order valence-electron chi connectivity index (χ2n) is 3.10. The highest BCUT2D eigenvalue weighted by atomic mass is 32.2. The molecular formula is C11H16O3S. The minimum atomic E-state index is -0.155. The lowest BCUT2D eigenvalue weighted by atomic mass is 10.2. The number of ether oxygens (including phenoxy) is 1. The van der Waals surface area contributed by atoms with E-state index in [0.29, 0.717) is 6.42 Å². The van der Waals surface area contributed by atoms with Gasteiger partial charge in [0, 0.05) is 5.75 Å². The number of furan rings is 1. The van der Waals surface area contributed by atoms with E-state index in [4.69, 9.17) is 4.42 Å². The first-order valence-electron chi connectivity index (χ1n) is 4.97. The normalized spacial score (nSPS) is 10.3. The van der Waals surface area contributed by atoms with E-state index >= 15 is 0 Å². The maximum atomic E-state index is 10.8. The molecule has 0 spiro atoms. The van der Waals surface area contributed by atoms with Crippen molar-refractivity contribution in [3.05, 3.63) is 23.7 Å². The number of hydrogen-bond acceptors (Lipinski definition) is 4. The summed E-state index contributed by atoms with van der Waals surface area (Å²) in [5.41, 5.74) is 1.25. The Hall–Kier alpha value is -0.900. The van der Waals surface area contributed by atoms with Gasteiger partial charge in [-0.3, -0.25) is 4.79 Å². The highest BCUT2D eigenvalue weighted by molar-refractivity contribution is 7.98. The zero-order valence-electron chi connectivity index (χ0n) is 9.12. The molecule has 0 fully saturated rings. The number of carbonyl (C=O) groups is 1. The highest BCUT2D eigenvalue weighted by Crippen LogP contribution is 2.18. The van der Waals surface area contributed by atoms with E-state index in [9.17, 15) is 4.79 Å². The van der Waals surface area contributed by atoms with Gasteiger partial charge in [0.05, 0.1) is 25.5 Å². The molecule has 0 aromatic carbocycles. The largest absolute Gasteiger partial charge is 0.469 e. The molecule has 84 valence electrons. The third-order valence-corrected chi connectivity index (χ3v) is 3.09. The fourth-order valence-electron chi connectivity index (χ4n) is 1.23. The van der Waals surface area contributed by atoms with Gasteiger partial charge in [-0.15, -0.1) is 0 Å². The Bertz CT molecular complexity index is 307. The lowest BCUT2D eigenvalue weighted by molar-refractivity contribution is -0.140. The predicted molar refractivity (Wildman–Crippen MR) is 60.9 cm³/mol. The standard InChI is InChI=1S/C11H16O3S/c1-3-9-4-6-14-10(9)8-15-7-5-11(12)13-2/h4,6H,3,5,7-8H2,1-2H3. The summed E-state index contributed by atoms with van der Waals surface area (Å²) >= 11 is 1.69. The van der Waals surface area contributed by atoms with Gasteiger partial charge in [0.1, 0.15) is 5.76 Å². The number of esters is 1. The molecule has 0 saturated heterocycles. The molecule has 1 aromatic heterocycles. The average molecular weight is 228 g/mol. The van der Waals surface area contributed by atoms with Crippen LogP contribution in [-0.2, 0) is 21.7 Å². The fraction of sp³-hybridized carbons (Fsp3) is 0.545. The third kappa shape index (κ3) is 4.00. The molecule has 4 heteroatoms. The first-order valence-corrected chi connectivity index (χ1v) is 6.13. The second-order valence-corrected chi connectivity index (χ2v) is 4.21. The van der Waals surface area contributed by atoms with E-state index in [1.54, 1.807) is 18.0 Å². The molecule has 0 bridgehead atoms. The van der Waals surface area contributed by atoms with Crippen LogP contribution >= 0.6 is 11.8 Å². The molecule has 1 aromatic rings.